The molecule has 0 aliphatic carbocycles. The van der Waals surface area contributed by atoms with Gasteiger partial charge in [0.15, 0.2) is 0 Å². The van der Waals surface area contributed by atoms with Crippen molar-refractivity contribution in [2.24, 2.45) is 5.41 Å². The Kier molecular flexibility index (Phi) is 5.80. The fourth-order valence-electron chi connectivity index (χ4n) is 4.90. The summed E-state index contributed by atoms with van der Waals surface area (Å²) < 4.78 is 34.5. The predicted octanol–water partition coefficient (Wildman–Crippen LogP) is 5.20. The first-order chi connectivity index (χ1) is 14.7. The number of halogens is 3. The van der Waals surface area contributed by atoms with Crippen molar-refractivity contribution < 1.29 is 13.5 Å². The Labute approximate surface area is 186 Å². The van der Waals surface area contributed by atoms with Gasteiger partial charge in [-0.25, -0.2) is 8.78 Å². The van der Waals surface area contributed by atoms with Crippen LogP contribution >= 0.6 is 11.6 Å². The number of aromatic nitrogens is 1. The largest absolute Gasteiger partial charge is 0.365 e. The van der Waals surface area contributed by atoms with E-state index in [0.717, 1.165) is 11.3 Å². The summed E-state index contributed by atoms with van der Waals surface area (Å²) in [7, 11) is 0. The highest BCUT2D eigenvalue weighted by molar-refractivity contribution is 6.30. The molecule has 2 aliphatic rings. The standard InChI is InChI=1S/C24H26ClF2N3O/c1-22(2,18-4-6-19(25)7-5-18)30-12-11-23(15-30,21-24(26,27)16-31-21)10-9-20-8-3-17(13-28)14-29-20/h3-8,14,21H,9-12,15-16H2,1-2H3/t21-,23-/m1/s1. The molecule has 0 bridgehead atoms. The number of pyridine rings is 1. The van der Waals surface area contributed by atoms with Crippen LogP contribution in [-0.4, -0.2) is 41.6 Å². The van der Waals surface area contributed by atoms with Crippen LogP contribution in [0.4, 0.5) is 8.78 Å². The van der Waals surface area contributed by atoms with Crippen LogP contribution in [-0.2, 0) is 16.7 Å². The van der Waals surface area contributed by atoms with Gasteiger partial charge >= 0.3 is 0 Å². The molecule has 3 heterocycles. The van der Waals surface area contributed by atoms with E-state index < -0.39 is 24.0 Å². The van der Waals surface area contributed by atoms with Crippen molar-refractivity contribution in [3.05, 3.63) is 64.4 Å². The Hall–Kier alpha value is -2.07. The maximum absolute atomic E-state index is 14.5. The fraction of sp³-hybridized carbons (Fsp3) is 0.500. The minimum Gasteiger partial charge on any atom is -0.365 e. The highest BCUT2D eigenvalue weighted by Crippen LogP contribution is 2.52. The highest BCUT2D eigenvalue weighted by Gasteiger charge is 2.62. The molecule has 7 heteroatoms. The van der Waals surface area contributed by atoms with Crippen molar-refractivity contribution in [3.8, 4) is 6.07 Å². The zero-order chi connectivity index (χ0) is 22.3. The zero-order valence-corrected chi connectivity index (χ0v) is 18.5. The molecule has 1 aromatic heterocycles. The average molecular weight is 446 g/mol. The van der Waals surface area contributed by atoms with E-state index in [1.807, 2.05) is 24.3 Å². The Morgan fingerprint density at radius 1 is 1.26 bits per heavy atom. The van der Waals surface area contributed by atoms with E-state index in [4.69, 9.17) is 21.6 Å². The van der Waals surface area contributed by atoms with Crippen LogP contribution in [0.5, 0.6) is 0 Å². The van der Waals surface area contributed by atoms with Crippen molar-refractivity contribution in [3.63, 3.8) is 0 Å². The lowest BCUT2D eigenvalue weighted by atomic mass is 9.72. The number of hydrogen-bond acceptors (Lipinski definition) is 4. The maximum atomic E-state index is 14.5. The molecule has 31 heavy (non-hydrogen) atoms. The third-order valence-electron chi connectivity index (χ3n) is 6.94. The van der Waals surface area contributed by atoms with Gasteiger partial charge in [0.2, 0.25) is 0 Å². The molecule has 0 saturated carbocycles. The SMILES string of the molecule is CC(C)(c1ccc(Cl)cc1)N1CC[C@@](CCc2ccc(C#N)cn2)([C@H]2OCC2(F)F)C1. The highest BCUT2D eigenvalue weighted by atomic mass is 35.5. The van der Waals surface area contributed by atoms with Gasteiger partial charge in [-0.3, -0.25) is 9.88 Å². The number of likely N-dealkylation sites (tertiary alicyclic amines) is 1. The van der Waals surface area contributed by atoms with E-state index in [0.29, 0.717) is 42.9 Å². The van der Waals surface area contributed by atoms with Gasteiger partial charge in [0.25, 0.3) is 5.92 Å². The summed E-state index contributed by atoms with van der Waals surface area (Å²) in [6.45, 7) is 4.98. The van der Waals surface area contributed by atoms with Crippen molar-refractivity contribution in [2.75, 3.05) is 19.7 Å². The van der Waals surface area contributed by atoms with Crippen molar-refractivity contribution >= 4 is 11.6 Å². The molecule has 2 atom stereocenters. The first-order valence-corrected chi connectivity index (χ1v) is 10.9. The Balaban J connectivity index is 1.56. The number of aryl methyl sites for hydroxylation is 1. The third-order valence-corrected chi connectivity index (χ3v) is 7.19. The molecule has 0 amide bonds. The van der Waals surface area contributed by atoms with Crippen LogP contribution < -0.4 is 0 Å². The van der Waals surface area contributed by atoms with Gasteiger partial charge in [-0.05, 0) is 69.5 Å². The molecular weight excluding hydrogens is 420 g/mol. The second-order valence-electron chi connectivity index (χ2n) is 9.20. The summed E-state index contributed by atoms with van der Waals surface area (Å²) in [5, 5.41) is 9.63. The number of ether oxygens (including phenoxy) is 1. The molecule has 2 saturated heterocycles. The quantitative estimate of drug-likeness (QED) is 0.613. The van der Waals surface area contributed by atoms with Crippen LogP contribution in [0.1, 0.15) is 43.5 Å². The van der Waals surface area contributed by atoms with Gasteiger partial charge in [-0.15, -0.1) is 0 Å². The number of nitriles is 1. The predicted molar refractivity (Wildman–Crippen MR) is 115 cm³/mol. The van der Waals surface area contributed by atoms with E-state index >= 15 is 0 Å². The third kappa shape index (κ3) is 4.19. The fourth-order valence-corrected chi connectivity index (χ4v) is 5.02. The minimum absolute atomic E-state index is 0.321. The van der Waals surface area contributed by atoms with Gasteiger partial charge in [-0.2, -0.15) is 5.26 Å². The first kappa shape index (κ1) is 22.1. The molecule has 2 fully saturated rings. The van der Waals surface area contributed by atoms with E-state index in [1.54, 1.807) is 12.1 Å². The Morgan fingerprint density at radius 2 is 2.00 bits per heavy atom. The lowest BCUT2D eigenvalue weighted by Crippen LogP contribution is -2.61. The second-order valence-corrected chi connectivity index (χ2v) is 9.64. The molecule has 1 aromatic carbocycles. The number of benzene rings is 1. The molecule has 2 aliphatic heterocycles. The monoisotopic (exact) mass is 445 g/mol. The smallest absolute Gasteiger partial charge is 0.297 e. The number of rotatable bonds is 6. The van der Waals surface area contributed by atoms with E-state index in [1.165, 1.54) is 6.20 Å². The molecule has 164 valence electrons. The zero-order valence-electron chi connectivity index (χ0n) is 17.7. The summed E-state index contributed by atoms with van der Waals surface area (Å²) in [5.74, 6) is -2.81. The van der Waals surface area contributed by atoms with Crippen LogP contribution in [0.15, 0.2) is 42.6 Å². The van der Waals surface area contributed by atoms with Crippen molar-refractivity contribution in [2.45, 2.75) is 50.7 Å². The average Bonchev–Trinajstić information content (AvgIpc) is 3.18. The summed E-state index contributed by atoms with van der Waals surface area (Å²) in [5.41, 5.74) is 1.42. The topological polar surface area (TPSA) is 49.2 Å². The lowest BCUT2D eigenvalue weighted by Gasteiger charge is -2.48. The summed E-state index contributed by atoms with van der Waals surface area (Å²) in [4.78, 5) is 6.61. The summed E-state index contributed by atoms with van der Waals surface area (Å²) >= 11 is 6.05. The van der Waals surface area contributed by atoms with Crippen LogP contribution in [0, 0.1) is 16.7 Å². The van der Waals surface area contributed by atoms with Crippen LogP contribution in [0.2, 0.25) is 5.02 Å². The molecule has 0 radical (unpaired) electrons. The minimum atomic E-state index is -2.81. The van der Waals surface area contributed by atoms with Gasteiger partial charge in [0.1, 0.15) is 18.8 Å². The van der Waals surface area contributed by atoms with E-state index in [-0.39, 0.29) is 5.54 Å². The molecule has 0 spiro atoms. The van der Waals surface area contributed by atoms with Gasteiger partial charge < -0.3 is 4.74 Å². The Morgan fingerprint density at radius 3 is 2.55 bits per heavy atom. The molecule has 0 unspecified atom stereocenters. The molecular formula is C24H26ClF2N3O. The van der Waals surface area contributed by atoms with Crippen molar-refractivity contribution in [1.82, 2.24) is 9.88 Å². The van der Waals surface area contributed by atoms with E-state index in [2.05, 4.69) is 29.8 Å². The Bertz CT molecular complexity index is 972. The summed E-state index contributed by atoms with van der Waals surface area (Å²) in [6.07, 6.45) is 2.21. The first-order valence-electron chi connectivity index (χ1n) is 10.5. The number of alkyl halides is 2. The lowest BCUT2D eigenvalue weighted by molar-refractivity contribution is -0.301. The number of hydrogen-bond donors (Lipinski definition) is 0. The van der Waals surface area contributed by atoms with Gasteiger partial charge in [-0.1, -0.05) is 23.7 Å². The van der Waals surface area contributed by atoms with Crippen molar-refractivity contribution in [1.29, 1.82) is 5.26 Å². The van der Waals surface area contributed by atoms with Gasteiger partial charge in [0, 0.05) is 34.4 Å². The normalized spacial score (nSPS) is 25.7. The van der Waals surface area contributed by atoms with E-state index in [9.17, 15) is 8.78 Å². The molecule has 4 rings (SSSR count). The number of nitrogens with zero attached hydrogens (tertiary/aromatic N) is 3. The summed E-state index contributed by atoms with van der Waals surface area (Å²) in [6, 6.07) is 13.3. The van der Waals surface area contributed by atoms with Crippen LogP contribution in [0.3, 0.4) is 0 Å². The van der Waals surface area contributed by atoms with Gasteiger partial charge in [0.05, 0.1) is 5.56 Å². The second kappa shape index (κ2) is 8.12. The molecule has 0 N–H and O–H groups in total. The molecule has 2 aromatic rings. The molecule has 4 nitrogen and oxygen atoms in total. The van der Waals surface area contributed by atoms with Crippen LogP contribution in [0.25, 0.3) is 0 Å². The maximum Gasteiger partial charge on any atom is 0.297 e.